The zero-order valence-electron chi connectivity index (χ0n) is 19.1. The van der Waals surface area contributed by atoms with Gasteiger partial charge in [0.25, 0.3) is 0 Å². The lowest BCUT2D eigenvalue weighted by molar-refractivity contribution is -0.133. The molecular weight excluding hydrogens is 459 g/mol. The molecular formula is C26H30Cl2N2O3. The molecule has 1 aromatic heterocycles. The fraction of sp³-hybridized carbons (Fsp3) is 0.346. The Labute approximate surface area is 205 Å². The molecule has 1 heterocycles. The van der Waals surface area contributed by atoms with Crippen molar-refractivity contribution in [1.82, 2.24) is 9.80 Å². The molecule has 0 fully saturated rings. The van der Waals surface area contributed by atoms with Crippen LogP contribution >= 0.6 is 23.2 Å². The number of aryl methyl sites for hydroxylation is 1. The normalized spacial score (nSPS) is 11.2. The van der Waals surface area contributed by atoms with E-state index in [0.717, 1.165) is 23.5 Å². The van der Waals surface area contributed by atoms with E-state index in [2.05, 4.69) is 12.1 Å². The maximum Gasteiger partial charge on any atom is 0.237 e. The summed E-state index contributed by atoms with van der Waals surface area (Å²) in [6.07, 6.45) is 0.771. The number of hydrogen-bond donors (Lipinski definition) is 0. The second-order valence-electron chi connectivity index (χ2n) is 8.00. The van der Waals surface area contributed by atoms with Crippen LogP contribution in [0.25, 0.3) is 0 Å². The van der Waals surface area contributed by atoms with Crippen molar-refractivity contribution in [2.24, 2.45) is 0 Å². The standard InChI is InChI=1S/C26H30Cl2N2O3/c1-20-8-11-24(33-20)18-30(13-12-21-6-4-3-5-7-21)26(31)19-29(14-15-32-2)17-22-9-10-23(27)16-25(22)28/h3-11,16H,12-15,17-19H2,1-2H3. The Balaban J connectivity index is 1.72. The van der Waals surface area contributed by atoms with Gasteiger partial charge in [0, 0.05) is 36.8 Å². The number of ether oxygens (including phenoxy) is 1. The number of rotatable bonds is 12. The van der Waals surface area contributed by atoms with Gasteiger partial charge in [0.05, 0.1) is 19.7 Å². The van der Waals surface area contributed by atoms with Crippen LogP contribution in [0.3, 0.4) is 0 Å². The molecule has 33 heavy (non-hydrogen) atoms. The van der Waals surface area contributed by atoms with Crippen LogP contribution in [0.1, 0.15) is 22.6 Å². The van der Waals surface area contributed by atoms with E-state index in [0.29, 0.717) is 42.8 Å². The van der Waals surface area contributed by atoms with Crippen molar-refractivity contribution >= 4 is 29.1 Å². The third-order valence-corrected chi connectivity index (χ3v) is 5.98. The zero-order chi connectivity index (χ0) is 23.6. The molecule has 0 aliphatic rings. The summed E-state index contributed by atoms with van der Waals surface area (Å²) in [7, 11) is 1.65. The van der Waals surface area contributed by atoms with Crippen LogP contribution in [0.5, 0.6) is 0 Å². The van der Waals surface area contributed by atoms with Gasteiger partial charge in [0.15, 0.2) is 0 Å². The maximum absolute atomic E-state index is 13.4. The lowest BCUT2D eigenvalue weighted by atomic mass is 10.1. The van der Waals surface area contributed by atoms with Crippen molar-refractivity contribution in [3.05, 3.63) is 93.4 Å². The van der Waals surface area contributed by atoms with Crippen LogP contribution in [0.4, 0.5) is 0 Å². The number of carbonyl (C=O) groups excluding carboxylic acids is 1. The van der Waals surface area contributed by atoms with Crippen molar-refractivity contribution < 1.29 is 13.9 Å². The predicted octanol–water partition coefficient (Wildman–Crippen LogP) is 5.61. The van der Waals surface area contributed by atoms with Crippen LogP contribution in [0.15, 0.2) is 65.1 Å². The first-order chi connectivity index (χ1) is 15.9. The number of carbonyl (C=O) groups is 1. The molecule has 2 aromatic carbocycles. The number of amides is 1. The Hall–Kier alpha value is -2.31. The van der Waals surface area contributed by atoms with Crippen LogP contribution in [0.2, 0.25) is 10.0 Å². The van der Waals surface area contributed by atoms with Crippen molar-refractivity contribution in [2.75, 3.05) is 33.4 Å². The minimum Gasteiger partial charge on any atom is -0.464 e. The Morgan fingerprint density at radius 3 is 2.45 bits per heavy atom. The zero-order valence-corrected chi connectivity index (χ0v) is 20.6. The summed E-state index contributed by atoms with van der Waals surface area (Å²) in [6, 6.07) is 19.4. The highest BCUT2D eigenvalue weighted by Crippen LogP contribution is 2.22. The highest BCUT2D eigenvalue weighted by Gasteiger charge is 2.20. The molecule has 0 saturated heterocycles. The predicted molar refractivity (Wildman–Crippen MR) is 133 cm³/mol. The molecule has 3 aromatic rings. The molecule has 0 unspecified atom stereocenters. The summed E-state index contributed by atoms with van der Waals surface area (Å²) < 4.78 is 11.0. The second-order valence-corrected chi connectivity index (χ2v) is 8.85. The topological polar surface area (TPSA) is 45.9 Å². The molecule has 0 bridgehead atoms. The monoisotopic (exact) mass is 488 g/mol. The highest BCUT2D eigenvalue weighted by atomic mass is 35.5. The lowest BCUT2D eigenvalue weighted by Crippen LogP contribution is -2.41. The van der Waals surface area contributed by atoms with E-state index in [9.17, 15) is 4.79 Å². The fourth-order valence-electron chi connectivity index (χ4n) is 3.58. The molecule has 176 valence electrons. The molecule has 7 heteroatoms. The van der Waals surface area contributed by atoms with E-state index in [1.165, 1.54) is 5.56 Å². The number of furan rings is 1. The van der Waals surface area contributed by atoms with Gasteiger partial charge in [-0.05, 0) is 48.7 Å². The minimum atomic E-state index is 0.0289. The van der Waals surface area contributed by atoms with Gasteiger partial charge in [-0.3, -0.25) is 9.69 Å². The van der Waals surface area contributed by atoms with Gasteiger partial charge in [-0.2, -0.15) is 0 Å². The van der Waals surface area contributed by atoms with E-state index in [1.54, 1.807) is 13.2 Å². The van der Waals surface area contributed by atoms with E-state index in [-0.39, 0.29) is 12.5 Å². The summed E-state index contributed by atoms with van der Waals surface area (Å²) in [4.78, 5) is 17.3. The molecule has 0 aliphatic carbocycles. The first-order valence-electron chi connectivity index (χ1n) is 11.0. The summed E-state index contributed by atoms with van der Waals surface area (Å²) in [6.45, 7) is 4.82. The van der Waals surface area contributed by atoms with Gasteiger partial charge in [-0.25, -0.2) is 0 Å². The van der Waals surface area contributed by atoms with Crippen LogP contribution in [0, 0.1) is 6.92 Å². The van der Waals surface area contributed by atoms with E-state index in [4.69, 9.17) is 32.4 Å². The molecule has 0 N–H and O–H groups in total. The lowest BCUT2D eigenvalue weighted by Gasteiger charge is -2.27. The number of methoxy groups -OCH3 is 1. The first-order valence-corrected chi connectivity index (χ1v) is 11.7. The van der Waals surface area contributed by atoms with Crippen LogP contribution in [-0.4, -0.2) is 49.1 Å². The smallest absolute Gasteiger partial charge is 0.237 e. The van der Waals surface area contributed by atoms with Gasteiger partial charge in [-0.1, -0.05) is 59.6 Å². The third-order valence-electron chi connectivity index (χ3n) is 5.39. The summed E-state index contributed by atoms with van der Waals surface area (Å²) in [5.74, 6) is 1.64. The highest BCUT2D eigenvalue weighted by molar-refractivity contribution is 6.35. The summed E-state index contributed by atoms with van der Waals surface area (Å²) in [5, 5.41) is 1.17. The fourth-order valence-corrected chi connectivity index (χ4v) is 4.04. The van der Waals surface area contributed by atoms with Crippen molar-refractivity contribution in [3.8, 4) is 0 Å². The number of benzene rings is 2. The molecule has 0 saturated carbocycles. The molecule has 3 rings (SSSR count). The largest absolute Gasteiger partial charge is 0.464 e. The summed E-state index contributed by atoms with van der Waals surface area (Å²) in [5.41, 5.74) is 2.11. The van der Waals surface area contributed by atoms with Gasteiger partial charge in [0.2, 0.25) is 5.91 Å². The molecule has 0 aliphatic heterocycles. The van der Waals surface area contributed by atoms with Gasteiger partial charge >= 0.3 is 0 Å². The van der Waals surface area contributed by atoms with Crippen LogP contribution in [-0.2, 0) is 29.0 Å². The van der Waals surface area contributed by atoms with Crippen molar-refractivity contribution in [2.45, 2.75) is 26.4 Å². The van der Waals surface area contributed by atoms with Gasteiger partial charge < -0.3 is 14.1 Å². The average molecular weight is 489 g/mol. The molecule has 0 radical (unpaired) electrons. The Bertz CT molecular complexity index is 1020. The second kappa shape index (κ2) is 12.8. The SMILES string of the molecule is COCCN(CC(=O)N(CCc1ccccc1)Cc1ccc(C)o1)Cc1ccc(Cl)cc1Cl. The van der Waals surface area contributed by atoms with Gasteiger partial charge in [-0.15, -0.1) is 0 Å². The van der Waals surface area contributed by atoms with E-state index >= 15 is 0 Å². The van der Waals surface area contributed by atoms with Crippen molar-refractivity contribution in [3.63, 3.8) is 0 Å². The van der Waals surface area contributed by atoms with Crippen molar-refractivity contribution in [1.29, 1.82) is 0 Å². The average Bonchev–Trinajstić information content (AvgIpc) is 3.22. The van der Waals surface area contributed by atoms with E-state index in [1.807, 2.05) is 59.2 Å². The number of hydrogen-bond acceptors (Lipinski definition) is 4. The molecule has 5 nitrogen and oxygen atoms in total. The van der Waals surface area contributed by atoms with Crippen LogP contribution < -0.4 is 0 Å². The number of nitrogens with zero attached hydrogens (tertiary/aromatic N) is 2. The quantitative estimate of drug-likeness (QED) is 0.332. The van der Waals surface area contributed by atoms with E-state index < -0.39 is 0 Å². The maximum atomic E-state index is 13.4. The molecule has 1 amide bonds. The molecule has 0 spiro atoms. The molecule has 0 atom stereocenters. The summed E-state index contributed by atoms with van der Waals surface area (Å²) >= 11 is 12.4. The Morgan fingerprint density at radius 1 is 1.00 bits per heavy atom. The number of halogens is 2. The van der Waals surface area contributed by atoms with Gasteiger partial charge in [0.1, 0.15) is 11.5 Å². The minimum absolute atomic E-state index is 0.0289. The Kier molecular flexibility index (Phi) is 9.82. The Morgan fingerprint density at radius 2 is 1.79 bits per heavy atom. The third kappa shape index (κ3) is 8.20. The first kappa shape index (κ1) is 25.3.